The highest BCUT2D eigenvalue weighted by atomic mass is 16.8. The molecule has 0 saturated carbocycles. The smallest absolute Gasteiger partial charge is 0.337 e. The quantitative estimate of drug-likeness (QED) is 0.0683. The fraction of sp³-hybridized carbons (Fsp3) is 0.628. The number of rotatable bonds is 25. The van der Waals surface area contributed by atoms with Crippen LogP contribution in [0.15, 0.2) is 24.3 Å². The number of amides is 2. The van der Waals surface area contributed by atoms with Gasteiger partial charge in [-0.15, -0.1) is 0 Å². The van der Waals surface area contributed by atoms with Crippen molar-refractivity contribution in [3.8, 4) is 5.75 Å². The van der Waals surface area contributed by atoms with Gasteiger partial charge in [0.2, 0.25) is 11.8 Å². The zero-order valence-electron chi connectivity index (χ0n) is 39.2. The first-order chi connectivity index (χ1) is 32.7. The lowest BCUT2D eigenvalue weighted by Gasteiger charge is -2.48. The summed E-state index contributed by atoms with van der Waals surface area (Å²) >= 11 is 0. The molecule has 3 rings (SSSR count). The van der Waals surface area contributed by atoms with Gasteiger partial charge in [-0.3, -0.25) is 43.2 Å². The molecular formula is C43H58N2O24. The summed E-state index contributed by atoms with van der Waals surface area (Å²) in [5.74, 6) is -7.44. The Hall–Kier alpha value is -6.48. The van der Waals surface area contributed by atoms with Crippen LogP contribution >= 0.6 is 0 Å². The Kier molecular flexibility index (Phi) is 23.7. The second kappa shape index (κ2) is 28.8. The van der Waals surface area contributed by atoms with Crippen LogP contribution in [-0.4, -0.2) is 181 Å². The molecule has 2 aliphatic heterocycles. The molecule has 1 aromatic rings. The van der Waals surface area contributed by atoms with Crippen molar-refractivity contribution < 1.29 is 114 Å². The van der Waals surface area contributed by atoms with Crippen molar-refractivity contribution >= 4 is 59.6 Å². The van der Waals surface area contributed by atoms with Gasteiger partial charge >= 0.3 is 47.8 Å². The zero-order valence-corrected chi connectivity index (χ0v) is 39.2. The van der Waals surface area contributed by atoms with Gasteiger partial charge in [-0.05, 0) is 24.6 Å². The van der Waals surface area contributed by atoms with Crippen LogP contribution in [0.2, 0.25) is 0 Å². The van der Waals surface area contributed by atoms with Gasteiger partial charge in [-0.2, -0.15) is 0 Å². The molecule has 0 aliphatic carbocycles. The second-order valence-electron chi connectivity index (χ2n) is 14.9. The number of benzene rings is 1. The van der Waals surface area contributed by atoms with E-state index < -0.39 is 147 Å². The van der Waals surface area contributed by atoms with Gasteiger partial charge in [-0.1, -0.05) is 6.07 Å². The van der Waals surface area contributed by atoms with Crippen LogP contribution in [0.5, 0.6) is 5.75 Å². The number of ether oxygens (including phenoxy) is 14. The molecule has 2 aliphatic rings. The number of carbonyl (C=O) groups is 10. The zero-order chi connectivity index (χ0) is 51.2. The predicted octanol–water partition coefficient (Wildman–Crippen LogP) is -0.873. The molecule has 2 fully saturated rings. The lowest BCUT2D eigenvalue weighted by Crippen LogP contribution is -2.67. The van der Waals surface area contributed by atoms with Gasteiger partial charge in [0.25, 0.3) is 0 Å². The summed E-state index contributed by atoms with van der Waals surface area (Å²) in [6, 6.07) is 6.29. The van der Waals surface area contributed by atoms with Crippen molar-refractivity contribution in [2.45, 2.75) is 116 Å². The number of nitrogens with one attached hydrogen (secondary N) is 2. The Morgan fingerprint density at radius 1 is 0.551 bits per heavy atom. The molecule has 1 aromatic carbocycles. The third-order valence-electron chi connectivity index (χ3n) is 9.23. The first-order valence-corrected chi connectivity index (χ1v) is 21.3. The van der Waals surface area contributed by atoms with E-state index in [9.17, 15) is 47.9 Å². The highest BCUT2D eigenvalue weighted by Crippen LogP contribution is 2.35. The maximum atomic E-state index is 12.7. The van der Waals surface area contributed by atoms with Gasteiger partial charge < -0.3 is 76.9 Å². The van der Waals surface area contributed by atoms with Gasteiger partial charge in [0.1, 0.15) is 57.1 Å². The normalized spacial score (nSPS) is 23.9. The maximum absolute atomic E-state index is 12.7. The minimum Gasteiger partial charge on any atom is -0.492 e. The molecule has 0 radical (unpaired) electrons. The second-order valence-corrected chi connectivity index (χ2v) is 14.9. The molecule has 2 heterocycles. The average Bonchev–Trinajstić information content (AvgIpc) is 3.26. The first kappa shape index (κ1) is 56.8. The summed E-state index contributed by atoms with van der Waals surface area (Å²) < 4.78 is 77.8. The van der Waals surface area contributed by atoms with E-state index in [0.717, 1.165) is 48.5 Å². The molecule has 0 aromatic heterocycles. The Labute approximate surface area is 395 Å². The molecule has 69 heavy (non-hydrogen) atoms. The summed E-state index contributed by atoms with van der Waals surface area (Å²) in [6.45, 7) is 5.10. The van der Waals surface area contributed by atoms with Crippen LogP contribution in [0, 0.1) is 0 Å². The van der Waals surface area contributed by atoms with E-state index >= 15 is 0 Å². The van der Waals surface area contributed by atoms with Gasteiger partial charge in [-0.25, -0.2) is 4.79 Å². The fourth-order valence-corrected chi connectivity index (χ4v) is 6.63. The maximum Gasteiger partial charge on any atom is 0.337 e. The number of methoxy groups -OCH3 is 1. The standard InChI is InChI=1S/C43H58N2O24/c1-22(46)60-18-31-35(62-24(3)48)37(63-25(4)49)40(66-28(7)52)43(68-31)69-36-32(19-61-23(2)47)67-42(39(65-27(6)51)38(36)64-26(5)50)59-15-10-13-44-33(53)20-57-21-34(54)45-14-16-58-30-12-9-11-29(17-30)41(55)56-8/h9,11-12,17,31-32,35-40,42-43H,10,13-16,18-21H2,1-8H3,(H,44,53)(H,45,54)/t31-,32-,35+,36+,37+,38+,39-,40-,42-,43-/m1/s1. The topological polar surface area (TPSA) is 324 Å². The minimum atomic E-state index is -1.86. The van der Waals surface area contributed by atoms with Crippen LogP contribution in [0.25, 0.3) is 0 Å². The van der Waals surface area contributed by atoms with E-state index in [1.807, 2.05) is 0 Å². The number of hydrogen-bond acceptors (Lipinski definition) is 24. The molecule has 0 bridgehead atoms. The molecule has 384 valence electrons. The monoisotopic (exact) mass is 986 g/mol. The molecule has 0 spiro atoms. The first-order valence-electron chi connectivity index (χ1n) is 21.3. The van der Waals surface area contributed by atoms with Crippen LogP contribution < -0.4 is 15.4 Å². The summed E-state index contributed by atoms with van der Waals surface area (Å²) in [7, 11) is 1.25. The summed E-state index contributed by atoms with van der Waals surface area (Å²) in [5.41, 5.74) is 0.295. The van der Waals surface area contributed by atoms with E-state index in [2.05, 4.69) is 15.4 Å². The highest BCUT2D eigenvalue weighted by molar-refractivity contribution is 5.89. The van der Waals surface area contributed by atoms with Crippen LogP contribution in [0.3, 0.4) is 0 Å². The van der Waals surface area contributed by atoms with Crippen molar-refractivity contribution in [2.75, 3.05) is 59.8 Å². The summed E-state index contributed by atoms with van der Waals surface area (Å²) in [6.07, 6.45) is -16.2. The number of carbonyl (C=O) groups excluding carboxylic acids is 10. The molecule has 2 N–H and O–H groups in total. The average molecular weight is 987 g/mol. The molecule has 10 atom stereocenters. The Balaban J connectivity index is 1.71. The lowest BCUT2D eigenvalue weighted by molar-refractivity contribution is -0.361. The van der Waals surface area contributed by atoms with Gasteiger partial charge in [0.05, 0.1) is 25.8 Å². The van der Waals surface area contributed by atoms with E-state index in [1.165, 1.54) is 13.2 Å². The van der Waals surface area contributed by atoms with Gasteiger partial charge in [0, 0.05) is 55.0 Å². The Morgan fingerprint density at radius 2 is 1.03 bits per heavy atom. The van der Waals surface area contributed by atoms with Crippen LogP contribution in [0.4, 0.5) is 0 Å². The number of hydrogen-bond donors (Lipinski definition) is 2. The van der Waals surface area contributed by atoms with E-state index in [4.69, 9.17) is 61.6 Å². The van der Waals surface area contributed by atoms with Crippen molar-refractivity contribution in [3.63, 3.8) is 0 Å². The van der Waals surface area contributed by atoms with Crippen molar-refractivity contribution in [1.29, 1.82) is 0 Å². The highest BCUT2D eigenvalue weighted by Gasteiger charge is 2.57. The Morgan fingerprint density at radius 3 is 1.57 bits per heavy atom. The fourth-order valence-electron chi connectivity index (χ4n) is 6.63. The van der Waals surface area contributed by atoms with Gasteiger partial charge in [0.15, 0.2) is 43.1 Å². The van der Waals surface area contributed by atoms with E-state index in [0.29, 0.717) is 11.3 Å². The Bertz CT molecular complexity index is 1960. The lowest BCUT2D eigenvalue weighted by atomic mass is 9.96. The third-order valence-corrected chi connectivity index (χ3v) is 9.23. The minimum absolute atomic E-state index is 0.00669. The van der Waals surface area contributed by atoms with E-state index in [-0.39, 0.29) is 32.7 Å². The van der Waals surface area contributed by atoms with Crippen molar-refractivity contribution in [2.24, 2.45) is 0 Å². The van der Waals surface area contributed by atoms with Crippen molar-refractivity contribution in [3.05, 3.63) is 29.8 Å². The summed E-state index contributed by atoms with van der Waals surface area (Å²) in [4.78, 5) is 123. The van der Waals surface area contributed by atoms with Crippen LogP contribution in [-0.2, 0) is 105 Å². The van der Waals surface area contributed by atoms with Crippen molar-refractivity contribution in [1.82, 2.24) is 10.6 Å². The number of esters is 8. The molecule has 26 nitrogen and oxygen atoms in total. The third kappa shape index (κ3) is 20.0. The molecule has 0 unspecified atom stereocenters. The summed E-state index contributed by atoms with van der Waals surface area (Å²) in [5, 5.41) is 5.15. The molecule has 2 amide bonds. The molecule has 2 saturated heterocycles. The SMILES string of the molecule is COC(=O)c1cccc(OCCNC(=O)COCC(=O)NCCCO[C@@H]2O[C@H](COC(C)=O)[C@H](O[C@H]3O[C@H](COC(C)=O)[C@H](OC(C)=O)[C@H](OC(C)=O)[C@H]3OC(C)=O)[C@H](OC(C)=O)[C@H]2OC(C)=O)c1. The predicted molar refractivity (Wildman–Crippen MR) is 224 cm³/mol. The van der Waals surface area contributed by atoms with E-state index in [1.54, 1.807) is 18.2 Å². The largest absolute Gasteiger partial charge is 0.492 e. The molecule has 26 heteroatoms. The van der Waals surface area contributed by atoms with Crippen LogP contribution in [0.1, 0.15) is 65.2 Å². The molecular weight excluding hydrogens is 928 g/mol.